The van der Waals surface area contributed by atoms with Crippen LogP contribution in [0.4, 0.5) is 4.39 Å². The number of piperidine rings is 1. The van der Waals surface area contributed by atoms with Gasteiger partial charge in [-0.25, -0.2) is 12.8 Å². The monoisotopic (exact) mass is 333 g/mol. The van der Waals surface area contributed by atoms with Crippen molar-refractivity contribution in [3.63, 3.8) is 0 Å². The minimum atomic E-state index is -3.68. The molecule has 0 radical (unpaired) electrons. The third-order valence-electron chi connectivity index (χ3n) is 3.99. The van der Waals surface area contributed by atoms with Crippen LogP contribution in [0.3, 0.4) is 0 Å². The first-order valence-corrected chi connectivity index (χ1v) is 9.00. The molecule has 1 saturated heterocycles. The topological polar surface area (TPSA) is 37.4 Å². The third-order valence-corrected chi connectivity index (χ3v) is 6.27. The lowest BCUT2D eigenvalue weighted by Crippen LogP contribution is -2.43. The van der Waals surface area contributed by atoms with Crippen LogP contribution in [0, 0.1) is 18.2 Å². The molecule has 0 spiro atoms. The van der Waals surface area contributed by atoms with Gasteiger partial charge in [-0.2, -0.15) is 4.31 Å². The maximum absolute atomic E-state index is 13.9. The summed E-state index contributed by atoms with van der Waals surface area (Å²) in [5.74, 6) is -0.436. The van der Waals surface area contributed by atoms with Gasteiger partial charge in [-0.3, -0.25) is 0 Å². The van der Waals surface area contributed by atoms with Gasteiger partial charge < -0.3 is 0 Å². The Bertz CT molecular complexity index is 643. The average Bonchev–Trinajstić information content (AvgIpc) is 2.40. The van der Waals surface area contributed by atoms with Crippen LogP contribution in [0.15, 0.2) is 17.0 Å². The van der Waals surface area contributed by atoms with E-state index in [1.807, 2.05) is 0 Å². The van der Waals surface area contributed by atoms with Crippen molar-refractivity contribution < 1.29 is 12.8 Å². The van der Waals surface area contributed by atoms with Crippen molar-refractivity contribution in [3.8, 4) is 0 Å². The second kappa shape index (κ2) is 5.86. The van der Waals surface area contributed by atoms with Crippen LogP contribution in [-0.4, -0.2) is 25.8 Å². The summed E-state index contributed by atoms with van der Waals surface area (Å²) in [7, 11) is -3.68. The van der Waals surface area contributed by atoms with Crippen LogP contribution in [-0.2, 0) is 15.9 Å². The largest absolute Gasteiger partial charge is 0.243 e. The number of halogens is 2. The van der Waals surface area contributed by atoms with E-state index in [0.29, 0.717) is 18.7 Å². The Labute approximate surface area is 131 Å². The smallest absolute Gasteiger partial charge is 0.207 e. The summed E-state index contributed by atoms with van der Waals surface area (Å²) in [4.78, 5) is 0.0378. The molecule has 1 aliphatic heterocycles. The van der Waals surface area contributed by atoms with Gasteiger partial charge in [0.05, 0.1) is 4.90 Å². The van der Waals surface area contributed by atoms with Gasteiger partial charge >= 0.3 is 0 Å². The van der Waals surface area contributed by atoms with E-state index in [4.69, 9.17) is 11.6 Å². The minimum Gasteiger partial charge on any atom is -0.207 e. The lowest BCUT2D eigenvalue weighted by molar-refractivity contribution is 0.187. The zero-order valence-corrected chi connectivity index (χ0v) is 14.2. The number of nitrogens with zero attached hydrogens (tertiary/aromatic N) is 1. The molecule has 0 atom stereocenters. The molecule has 1 fully saturated rings. The number of hydrogen-bond donors (Lipinski definition) is 0. The summed E-state index contributed by atoms with van der Waals surface area (Å²) in [5, 5.41) is 0. The summed E-state index contributed by atoms with van der Waals surface area (Å²) in [6, 6.07) is 2.78. The van der Waals surface area contributed by atoms with Gasteiger partial charge in [-0.05, 0) is 42.9 Å². The normalized spacial score (nSPS) is 19.7. The molecule has 6 heteroatoms. The highest BCUT2D eigenvalue weighted by Gasteiger charge is 2.35. The minimum absolute atomic E-state index is 0.0378. The van der Waals surface area contributed by atoms with Gasteiger partial charge in [-0.1, -0.05) is 13.8 Å². The fourth-order valence-electron chi connectivity index (χ4n) is 2.77. The van der Waals surface area contributed by atoms with Gasteiger partial charge in [0, 0.05) is 24.5 Å². The van der Waals surface area contributed by atoms with Gasteiger partial charge in [0.1, 0.15) is 5.82 Å². The van der Waals surface area contributed by atoms with Gasteiger partial charge in [0.15, 0.2) is 0 Å². The van der Waals surface area contributed by atoms with Crippen molar-refractivity contribution in [1.82, 2.24) is 4.31 Å². The summed E-state index contributed by atoms with van der Waals surface area (Å²) >= 11 is 5.73. The first kappa shape index (κ1) is 16.7. The first-order chi connectivity index (χ1) is 9.67. The quantitative estimate of drug-likeness (QED) is 0.791. The Morgan fingerprint density at radius 2 is 2.05 bits per heavy atom. The molecular formula is C15H21ClFNO2S. The molecule has 21 heavy (non-hydrogen) atoms. The van der Waals surface area contributed by atoms with Crippen molar-refractivity contribution in [1.29, 1.82) is 0 Å². The second-order valence-electron chi connectivity index (χ2n) is 6.44. The molecule has 1 heterocycles. The molecule has 0 bridgehead atoms. The van der Waals surface area contributed by atoms with E-state index in [1.54, 1.807) is 0 Å². The molecule has 1 aliphatic rings. The summed E-state index contributed by atoms with van der Waals surface area (Å²) in [5.41, 5.74) is 0.587. The maximum Gasteiger partial charge on any atom is 0.243 e. The molecule has 1 aromatic carbocycles. The Morgan fingerprint density at radius 1 is 1.38 bits per heavy atom. The fraction of sp³-hybridized carbons (Fsp3) is 0.600. The van der Waals surface area contributed by atoms with Gasteiger partial charge in [0.25, 0.3) is 0 Å². The van der Waals surface area contributed by atoms with Crippen LogP contribution >= 0.6 is 11.6 Å². The third kappa shape index (κ3) is 3.41. The molecule has 0 N–H and O–H groups in total. The van der Waals surface area contributed by atoms with E-state index in [0.717, 1.165) is 12.8 Å². The van der Waals surface area contributed by atoms with Crippen molar-refractivity contribution >= 4 is 21.6 Å². The molecule has 0 amide bonds. The highest BCUT2D eigenvalue weighted by molar-refractivity contribution is 7.89. The number of benzene rings is 1. The van der Waals surface area contributed by atoms with Crippen molar-refractivity contribution in [3.05, 3.63) is 29.1 Å². The number of sulfonamides is 1. The zero-order valence-electron chi connectivity index (χ0n) is 12.6. The van der Waals surface area contributed by atoms with Gasteiger partial charge in [-0.15, -0.1) is 11.6 Å². The lowest BCUT2D eigenvalue weighted by atomic mass is 9.85. The van der Waals surface area contributed by atoms with Crippen LogP contribution in [0.2, 0.25) is 0 Å². The van der Waals surface area contributed by atoms with Crippen molar-refractivity contribution in [2.45, 2.75) is 44.4 Å². The first-order valence-electron chi connectivity index (χ1n) is 7.02. The van der Waals surface area contributed by atoms with E-state index in [9.17, 15) is 12.8 Å². The van der Waals surface area contributed by atoms with Crippen molar-refractivity contribution in [2.24, 2.45) is 5.41 Å². The molecule has 0 unspecified atom stereocenters. The van der Waals surface area contributed by atoms with E-state index in [2.05, 4.69) is 13.8 Å². The van der Waals surface area contributed by atoms with E-state index in [1.165, 1.54) is 23.4 Å². The van der Waals surface area contributed by atoms with Crippen LogP contribution < -0.4 is 0 Å². The fourth-order valence-corrected chi connectivity index (χ4v) is 4.87. The van der Waals surface area contributed by atoms with Crippen LogP contribution in [0.25, 0.3) is 0 Å². The molecule has 1 aromatic rings. The standard InChI is InChI=1S/C15H21ClFNO2S/c1-11-13(17)7-12(9-16)8-14(11)21(19,20)18-6-4-5-15(2,3)10-18/h7-8H,4-6,9-10H2,1-3H3. The summed E-state index contributed by atoms with van der Waals surface area (Å²) in [6.07, 6.45) is 1.82. The van der Waals surface area contributed by atoms with Gasteiger partial charge in [0.2, 0.25) is 10.0 Å². The molecular weight excluding hydrogens is 313 g/mol. The Kier molecular flexibility index (Phi) is 4.66. The average molecular weight is 334 g/mol. The van der Waals surface area contributed by atoms with Crippen LogP contribution in [0.1, 0.15) is 37.8 Å². The molecule has 118 valence electrons. The highest BCUT2D eigenvalue weighted by Crippen LogP contribution is 2.33. The predicted molar refractivity (Wildman–Crippen MR) is 82.5 cm³/mol. The van der Waals surface area contributed by atoms with Crippen LogP contribution in [0.5, 0.6) is 0 Å². The lowest BCUT2D eigenvalue weighted by Gasteiger charge is -2.37. The van der Waals surface area contributed by atoms with E-state index >= 15 is 0 Å². The number of alkyl halides is 1. The molecule has 0 aliphatic carbocycles. The molecule has 0 aromatic heterocycles. The second-order valence-corrected chi connectivity index (χ2v) is 8.61. The molecule has 0 saturated carbocycles. The Morgan fingerprint density at radius 3 is 2.62 bits per heavy atom. The summed E-state index contributed by atoms with van der Waals surface area (Å²) in [6.45, 7) is 6.54. The predicted octanol–water partition coefficient (Wildman–Crippen LogP) is 3.68. The maximum atomic E-state index is 13.9. The SMILES string of the molecule is Cc1c(F)cc(CCl)cc1S(=O)(=O)N1CCCC(C)(C)C1. The molecule has 3 nitrogen and oxygen atoms in total. The Hall–Kier alpha value is -0.650. The molecule has 2 rings (SSSR count). The zero-order chi connectivity index (χ0) is 15.8. The Balaban J connectivity index is 2.47. The van der Waals surface area contributed by atoms with E-state index < -0.39 is 15.8 Å². The highest BCUT2D eigenvalue weighted by atomic mass is 35.5. The number of hydrogen-bond acceptors (Lipinski definition) is 2. The number of rotatable bonds is 3. The van der Waals surface area contributed by atoms with E-state index in [-0.39, 0.29) is 21.8 Å². The summed E-state index contributed by atoms with van der Waals surface area (Å²) < 4.78 is 41.1. The van der Waals surface area contributed by atoms with Crippen molar-refractivity contribution in [2.75, 3.05) is 13.1 Å².